The van der Waals surface area contributed by atoms with Crippen LogP contribution >= 0.6 is 0 Å². The predicted octanol–water partition coefficient (Wildman–Crippen LogP) is 5.37. The SMILES string of the molecule is C/C=C\C(C)c1cnc2cc(-c3ccc(CO)cc3)ccn12.C=CC. The van der Waals surface area contributed by atoms with Gasteiger partial charge in [-0.2, -0.15) is 0 Å². The first-order chi connectivity index (χ1) is 12.1. The molecule has 1 aromatic carbocycles. The number of rotatable bonds is 4. The van der Waals surface area contributed by atoms with E-state index in [-0.39, 0.29) is 6.61 Å². The molecule has 0 saturated carbocycles. The van der Waals surface area contributed by atoms with Crippen molar-refractivity contribution in [2.45, 2.75) is 33.3 Å². The smallest absolute Gasteiger partial charge is 0.137 e. The summed E-state index contributed by atoms with van der Waals surface area (Å²) >= 11 is 0. The molecule has 2 heterocycles. The molecular weight excluding hydrogens is 308 g/mol. The van der Waals surface area contributed by atoms with E-state index < -0.39 is 0 Å². The molecule has 0 spiro atoms. The van der Waals surface area contributed by atoms with Crippen LogP contribution in [0.15, 0.2) is 73.6 Å². The van der Waals surface area contributed by atoms with Crippen LogP contribution in [0.1, 0.15) is 37.9 Å². The Hall–Kier alpha value is -2.65. The van der Waals surface area contributed by atoms with E-state index in [9.17, 15) is 0 Å². The number of hydrogen-bond acceptors (Lipinski definition) is 2. The quantitative estimate of drug-likeness (QED) is 0.652. The van der Waals surface area contributed by atoms with Crippen molar-refractivity contribution in [2.24, 2.45) is 0 Å². The Morgan fingerprint density at radius 3 is 2.44 bits per heavy atom. The molecule has 0 aliphatic heterocycles. The third-order valence-corrected chi connectivity index (χ3v) is 3.96. The van der Waals surface area contributed by atoms with Crippen molar-refractivity contribution in [3.8, 4) is 11.1 Å². The summed E-state index contributed by atoms with van der Waals surface area (Å²) in [5.41, 5.74) is 5.33. The maximum absolute atomic E-state index is 9.12. The summed E-state index contributed by atoms with van der Waals surface area (Å²) in [5.74, 6) is 0.342. The fourth-order valence-corrected chi connectivity index (χ4v) is 2.71. The van der Waals surface area contributed by atoms with Gasteiger partial charge in [0.05, 0.1) is 6.61 Å². The highest BCUT2D eigenvalue weighted by molar-refractivity contribution is 5.67. The topological polar surface area (TPSA) is 37.5 Å². The summed E-state index contributed by atoms with van der Waals surface area (Å²) in [6.45, 7) is 9.53. The number of aliphatic hydroxyl groups is 1. The van der Waals surface area contributed by atoms with Gasteiger partial charge in [-0.15, -0.1) is 6.58 Å². The number of pyridine rings is 1. The molecule has 3 heteroatoms. The number of allylic oxidation sites excluding steroid dienone is 3. The third-order valence-electron chi connectivity index (χ3n) is 3.96. The average Bonchev–Trinajstić information content (AvgIpc) is 3.06. The average molecular weight is 334 g/mol. The van der Waals surface area contributed by atoms with Gasteiger partial charge < -0.3 is 9.51 Å². The zero-order chi connectivity index (χ0) is 18.2. The van der Waals surface area contributed by atoms with E-state index in [1.54, 1.807) is 6.08 Å². The summed E-state index contributed by atoms with van der Waals surface area (Å²) in [4.78, 5) is 4.53. The van der Waals surface area contributed by atoms with Gasteiger partial charge in [0, 0.05) is 24.0 Å². The van der Waals surface area contributed by atoms with Crippen molar-refractivity contribution in [1.29, 1.82) is 0 Å². The Balaban J connectivity index is 0.000000701. The molecule has 130 valence electrons. The van der Waals surface area contributed by atoms with Crippen molar-refractivity contribution in [3.63, 3.8) is 0 Å². The van der Waals surface area contributed by atoms with Crippen LogP contribution < -0.4 is 0 Å². The minimum Gasteiger partial charge on any atom is -0.392 e. The lowest BCUT2D eigenvalue weighted by atomic mass is 10.0. The third kappa shape index (κ3) is 4.46. The van der Waals surface area contributed by atoms with Gasteiger partial charge in [-0.3, -0.25) is 0 Å². The number of imidazole rings is 1. The van der Waals surface area contributed by atoms with E-state index in [1.807, 2.05) is 44.3 Å². The molecule has 0 aliphatic rings. The van der Waals surface area contributed by atoms with Gasteiger partial charge in [0.1, 0.15) is 5.65 Å². The number of fused-ring (bicyclic) bond motifs is 1. The van der Waals surface area contributed by atoms with Crippen molar-refractivity contribution >= 4 is 5.65 Å². The van der Waals surface area contributed by atoms with E-state index in [4.69, 9.17) is 5.11 Å². The molecule has 0 fully saturated rings. The predicted molar refractivity (Wildman–Crippen MR) is 106 cm³/mol. The standard InChI is InChI=1S/C19H20N2O.C3H6/c1-3-4-14(2)18-12-20-19-11-17(9-10-21(18)19)16-7-5-15(13-22)6-8-16;1-3-2/h3-12,14,22H,13H2,1-2H3;3H,1H2,2H3/b4-3-;. The molecule has 0 radical (unpaired) electrons. The Kier molecular flexibility index (Phi) is 6.72. The molecule has 3 rings (SSSR count). The molecule has 0 aliphatic carbocycles. The highest BCUT2D eigenvalue weighted by Crippen LogP contribution is 2.24. The van der Waals surface area contributed by atoms with Crippen molar-refractivity contribution in [1.82, 2.24) is 9.38 Å². The van der Waals surface area contributed by atoms with E-state index in [0.29, 0.717) is 5.92 Å². The molecule has 0 saturated heterocycles. The van der Waals surface area contributed by atoms with Crippen LogP contribution in [0.2, 0.25) is 0 Å². The molecule has 0 amide bonds. The van der Waals surface area contributed by atoms with Gasteiger partial charge >= 0.3 is 0 Å². The first-order valence-corrected chi connectivity index (χ1v) is 8.51. The molecule has 1 unspecified atom stereocenters. The van der Waals surface area contributed by atoms with Crippen LogP contribution in [0.4, 0.5) is 0 Å². The maximum Gasteiger partial charge on any atom is 0.137 e. The largest absolute Gasteiger partial charge is 0.392 e. The zero-order valence-electron chi connectivity index (χ0n) is 15.2. The summed E-state index contributed by atoms with van der Waals surface area (Å²) in [5, 5.41) is 9.12. The lowest BCUT2D eigenvalue weighted by Crippen LogP contribution is -1.96. The lowest BCUT2D eigenvalue weighted by Gasteiger charge is -2.08. The number of aliphatic hydroxyl groups excluding tert-OH is 1. The molecule has 0 bridgehead atoms. The van der Waals surface area contributed by atoms with Gasteiger partial charge in [0.2, 0.25) is 0 Å². The second-order valence-corrected chi connectivity index (χ2v) is 5.90. The Bertz CT molecular complexity index is 844. The second-order valence-electron chi connectivity index (χ2n) is 5.90. The summed E-state index contributed by atoms with van der Waals surface area (Å²) in [6, 6.07) is 12.2. The second kappa shape index (κ2) is 9.00. The van der Waals surface area contributed by atoms with Crippen molar-refractivity contribution in [3.05, 3.63) is 84.9 Å². The normalized spacial score (nSPS) is 12.0. The highest BCUT2D eigenvalue weighted by Gasteiger charge is 2.09. The van der Waals surface area contributed by atoms with Crippen LogP contribution in [0.25, 0.3) is 16.8 Å². The van der Waals surface area contributed by atoms with Crippen LogP contribution in [-0.2, 0) is 6.61 Å². The minimum absolute atomic E-state index is 0.0752. The molecular formula is C22H26N2O. The summed E-state index contributed by atoms with van der Waals surface area (Å²) in [6.07, 6.45) is 10.0. The van der Waals surface area contributed by atoms with Crippen LogP contribution in [0.3, 0.4) is 0 Å². The van der Waals surface area contributed by atoms with E-state index >= 15 is 0 Å². The van der Waals surface area contributed by atoms with Crippen LogP contribution in [0.5, 0.6) is 0 Å². The van der Waals surface area contributed by atoms with Crippen LogP contribution in [0, 0.1) is 0 Å². The van der Waals surface area contributed by atoms with E-state index in [1.165, 1.54) is 5.69 Å². The Morgan fingerprint density at radius 2 is 1.84 bits per heavy atom. The highest BCUT2D eigenvalue weighted by atomic mass is 16.3. The first kappa shape index (κ1) is 18.7. The molecule has 25 heavy (non-hydrogen) atoms. The number of benzene rings is 1. The molecule has 1 atom stereocenters. The van der Waals surface area contributed by atoms with Crippen LogP contribution in [-0.4, -0.2) is 14.5 Å². The van der Waals surface area contributed by atoms with Crippen molar-refractivity contribution < 1.29 is 5.11 Å². The maximum atomic E-state index is 9.12. The fourth-order valence-electron chi connectivity index (χ4n) is 2.71. The monoisotopic (exact) mass is 334 g/mol. The van der Waals surface area contributed by atoms with Gasteiger partial charge in [-0.25, -0.2) is 4.98 Å². The molecule has 3 nitrogen and oxygen atoms in total. The van der Waals surface area contributed by atoms with Gasteiger partial charge in [0.25, 0.3) is 0 Å². The zero-order valence-corrected chi connectivity index (χ0v) is 15.2. The number of nitrogens with zero attached hydrogens (tertiary/aromatic N) is 2. The number of hydrogen-bond donors (Lipinski definition) is 1. The molecule has 3 aromatic rings. The minimum atomic E-state index is 0.0752. The Labute approximate surface area is 150 Å². The van der Waals surface area contributed by atoms with Gasteiger partial charge in [0.15, 0.2) is 0 Å². The van der Waals surface area contributed by atoms with E-state index in [0.717, 1.165) is 22.3 Å². The van der Waals surface area contributed by atoms with E-state index in [2.05, 4.69) is 53.4 Å². The summed E-state index contributed by atoms with van der Waals surface area (Å²) < 4.78 is 2.14. The summed E-state index contributed by atoms with van der Waals surface area (Å²) in [7, 11) is 0. The fraction of sp³-hybridized carbons (Fsp3) is 0.227. The van der Waals surface area contributed by atoms with Crippen molar-refractivity contribution in [2.75, 3.05) is 0 Å². The first-order valence-electron chi connectivity index (χ1n) is 8.51. The van der Waals surface area contributed by atoms with Gasteiger partial charge in [-0.1, -0.05) is 49.4 Å². The molecule has 1 N–H and O–H groups in total. The number of aromatic nitrogens is 2. The lowest BCUT2D eigenvalue weighted by molar-refractivity contribution is 0.282. The van der Waals surface area contributed by atoms with Gasteiger partial charge in [-0.05, 0) is 42.7 Å². The molecule has 2 aromatic heterocycles. The Morgan fingerprint density at radius 1 is 1.16 bits per heavy atom.